The molecule has 0 saturated carbocycles. The van der Waals surface area contributed by atoms with Crippen molar-refractivity contribution in [3.63, 3.8) is 0 Å². The number of anilines is 5. The molecule has 2 aromatic heterocycles. The van der Waals surface area contributed by atoms with Gasteiger partial charge in [-0.2, -0.15) is 13.2 Å². The molecule has 4 rings (SSSR count). The summed E-state index contributed by atoms with van der Waals surface area (Å²) in [4.78, 5) is 36.8. The lowest BCUT2D eigenvalue weighted by Gasteiger charge is -2.12. The fourth-order valence-corrected chi connectivity index (χ4v) is 3.30. The highest BCUT2D eigenvalue weighted by Gasteiger charge is 2.30. The Labute approximate surface area is 203 Å². The summed E-state index contributed by atoms with van der Waals surface area (Å²) in [6.45, 7) is 3.07. The molecule has 0 fully saturated rings. The number of aromatic nitrogens is 3. The highest BCUT2D eigenvalue weighted by Crippen LogP contribution is 2.30. The average molecular weight is 495 g/mol. The second-order valence-electron chi connectivity index (χ2n) is 7.76. The Bertz CT molecular complexity index is 1460. The normalized spacial score (nSPS) is 11.1. The topological polar surface area (TPSA) is 121 Å². The van der Waals surface area contributed by atoms with E-state index in [4.69, 9.17) is 0 Å². The predicted molar refractivity (Wildman–Crippen MR) is 130 cm³/mol. The number of benzene rings is 2. The lowest BCUT2D eigenvalue weighted by atomic mass is 10.2. The van der Waals surface area contributed by atoms with E-state index in [9.17, 15) is 22.8 Å². The SMILES string of the molecule is CC(=O)Nc1cccc(Nc2cnc3cc(NC(=O)Nc4cccc(C(F)(F)F)c4)c(C)nc3n2)c1. The van der Waals surface area contributed by atoms with Gasteiger partial charge in [-0.3, -0.25) is 4.79 Å². The first-order valence-corrected chi connectivity index (χ1v) is 10.6. The minimum Gasteiger partial charge on any atom is -0.339 e. The first kappa shape index (κ1) is 24.4. The summed E-state index contributed by atoms with van der Waals surface area (Å²) < 4.78 is 38.7. The van der Waals surface area contributed by atoms with Gasteiger partial charge in [-0.1, -0.05) is 12.1 Å². The Morgan fingerprint density at radius 1 is 0.861 bits per heavy atom. The molecule has 0 aliphatic heterocycles. The number of alkyl halides is 3. The molecule has 0 saturated heterocycles. The highest BCUT2D eigenvalue weighted by molar-refractivity contribution is 6.01. The van der Waals surface area contributed by atoms with Crippen LogP contribution < -0.4 is 21.3 Å². The molecule has 0 atom stereocenters. The largest absolute Gasteiger partial charge is 0.416 e. The highest BCUT2D eigenvalue weighted by atomic mass is 19.4. The van der Waals surface area contributed by atoms with Crippen LogP contribution in [0.15, 0.2) is 60.8 Å². The van der Waals surface area contributed by atoms with Gasteiger partial charge in [-0.05, 0) is 49.4 Å². The third-order valence-electron chi connectivity index (χ3n) is 4.88. The molecule has 36 heavy (non-hydrogen) atoms. The van der Waals surface area contributed by atoms with Crippen molar-refractivity contribution in [2.45, 2.75) is 20.0 Å². The number of hydrogen-bond acceptors (Lipinski definition) is 6. The fourth-order valence-electron chi connectivity index (χ4n) is 3.30. The summed E-state index contributed by atoms with van der Waals surface area (Å²) in [6, 6.07) is 12.2. The van der Waals surface area contributed by atoms with Gasteiger partial charge in [-0.15, -0.1) is 0 Å². The molecule has 9 nitrogen and oxygen atoms in total. The molecule has 0 unspecified atom stereocenters. The zero-order chi connectivity index (χ0) is 25.9. The Kier molecular flexibility index (Phi) is 6.68. The maximum absolute atomic E-state index is 12.9. The zero-order valence-corrected chi connectivity index (χ0v) is 19.1. The van der Waals surface area contributed by atoms with Gasteiger partial charge < -0.3 is 21.3 Å². The molecule has 0 bridgehead atoms. The first-order chi connectivity index (χ1) is 17.1. The number of rotatable bonds is 5. The van der Waals surface area contributed by atoms with Gasteiger partial charge in [0, 0.05) is 24.0 Å². The number of amides is 3. The Morgan fingerprint density at radius 2 is 1.56 bits per heavy atom. The Morgan fingerprint density at radius 3 is 2.28 bits per heavy atom. The minimum absolute atomic E-state index is 0.00759. The van der Waals surface area contributed by atoms with Crippen LogP contribution in [0.25, 0.3) is 11.2 Å². The van der Waals surface area contributed by atoms with Crippen molar-refractivity contribution in [2.24, 2.45) is 0 Å². The lowest BCUT2D eigenvalue weighted by molar-refractivity contribution is -0.137. The van der Waals surface area contributed by atoms with E-state index in [1.165, 1.54) is 25.3 Å². The molecule has 12 heteroatoms. The smallest absolute Gasteiger partial charge is 0.339 e. The standard InChI is InChI=1S/C24H20F3N7O2/c1-13-19(33-23(36)32-16-6-3-5-15(9-16)24(25,26)27)11-20-22(29-13)34-21(12-28-20)31-18-8-4-7-17(10-18)30-14(2)35/h3-12H,1-2H3,(H,30,35)(H,29,31,34)(H2,32,33,36). The number of pyridine rings is 1. The van der Waals surface area contributed by atoms with Gasteiger partial charge in [-0.25, -0.2) is 19.7 Å². The van der Waals surface area contributed by atoms with E-state index in [1.807, 2.05) is 0 Å². The number of nitrogens with zero attached hydrogens (tertiary/aromatic N) is 3. The van der Waals surface area contributed by atoms with E-state index in [0.29, 0.717) is 39.7 Å². The molecule has 0 aliphatic carbocycles. The first-order valence-electron chi connectivity index (χ1n) is 10.6. The molecule has 4 aromatic rings. The summed E-state index contributed by atoms with van der Waals surface area (Å²) >= 11 is 0. The second-order valence-corrected chi connectivity index (χ2v) is 7.76. The molecule has 0 aliphatic rings. The molecule has 0 spiro atoms. The number of hydrogen-bond donors (Lipinski definition) is 4. The van der Waals surface area contributed by atoms with Crippen molar-refractivity contribution in [3.05, 3.63) is 72.1 Å². The van der Waals surface area contributed by atoms with Crippen LogP contribution in [0.3, 0.4) is 0 Å². The number of carbonyl (C=O) groups is 2. The maximum Gasteiger partial charge on any atom is 0.416 e. The summed E-state index contributed by atoms with van der Waals surface area (Å²) in [6.07, 6.45) is -3.04. The molecular weight excluding hydrogens is 475 g/mol. The Balaban J connectivity index is 1.48. The van der Waals surface area contributed by atoms with E-state index in [0.717, 1.165) is 12.1 Å². The molecule has 0 radical (unpaired) electrons. The van der Waals surface area contributed by atoms with E-state index >= 15 is 0 Å². The van der Waals surface area contributed by atoms with Crippen molar-refractivity contribution in [1.82, 2.24) is 15.0 Å². The number of halogens is 3. The summed E-state index contributed by atoms with van der Waals surface area (Å²) in [5, 5.41) is 10.7. The molecule has 2 aromatic carbocycles. The third kappa shape index (κ3) is 6.03. The van der Waals surface area contributed by atoms with Crippen LogP contribution in [0.2, 0.25) is 0 Å². The van der Waals surface area contributed by atoms with Crippen molar-refractivity contribution in [2.75, 3.05) is 21.3 Å². The second kappa shape index (κ2) is 9.86. The summed E-state index contributed by atoms with van der Waals surface area (Å²) in [5.41, 5.74) is 1.89. The van der Waals surface area contributed by atoms with Gasteiger partial charge in [0.25, 0.3) is 0 Å². The average Bonchev–Trinajstić information content (AvgIpc) is 2.79. The van der Waals surface area contributed by atoms with Crippen molar-refractivity contribution < 1.29 is 22.8 Å². The third-order valence-corrected chi connectivity index (χ3v) is 4.88. The fraction of sp³-hybridized carbons (Fsp3) is 0.125. The zero-order valence-electron chi connectivity index (χ0n) is 19.1. The van der Waals surface area contributed by atoms with Crippen LogP contribution in [0.4, 0.5) is 46.5 Å². The maximum atomic E-state index is 12.9. The van der Waals surface area contributed by atoms with Crippen molar-refractivity contribution in [1.29, 1.82) is 0 Å². The quantitative estimate of drug-likeness (QED) is 0.282. The molecule has 3 amide bonds. The van der Waals surface area contributed by atoms with Crippen LogP contribution in [-0.2, 0) is 11.0 Å². The van der Waals surface area contributed by atoms with Gasteiger partial charge in [0.1, 0.15) is 5.52 Å². The van der Waals surface area contributed by atoms with E-state index < -0.39 is 17.8 Å². The number of carbonyl (C=O) groups excluding carboxylic acids is 2. The van der Waals surface area contributed by atoms with E-state index in [1.54, 1.807) is 37.3 Å². The number of aryl methyl sites for hydroxylation is 1. The van der Waals surface area contributed by atoms with E-state index in [2.05, 4.69) is 36.2 Å². The van der Waals surface area contributed by atoms with Gasteiger partial charge in [0.2, 0.25) is 5.91 Å². The predicted octanol–water partition coefficient (Wildman–Crippen LogP) is 5.70. The van der Waals surface area contributed by atoms with Gasteiger partial charge in [0.15, 0.2) is 11.5 Å². The Hall–Kier alpha value is -4.74. The molecule has 2 heterocycles. The van der Waals surface area contributed by atoms with Gasteiger partial charge >= 0.3 is 12.2 Å². The van der Waals surface area contributed by atoms with Crippen LogP contribution >= 0.6 is 0 Å². The van der Waals surface area contributed by atoms with Crippen LogP contribution in [0.5, 0.6) is 0 Å². The number of fused-ring (bicyclic) bond motifs is 1. The van der Waals surface area contributed by atoms with Crippen molar-refractivity contribution >= 4 is 51.7 Å². The van der Waals surface area contributed by atoms with Crippen LogP contribution in [0, 0.1) is 6.92 Å². The molecule has 184 valence electrons. The summed E-state index contributed by atoms with van der Waals surface area (Å²) in [5.74, 6) is 0.225. The number of nitrogens with one attached hydrogen (secondary N) is 4. The minimum atomic E-state index is -4.52. The molecular formula is C24H20F3N7O2. The number of urea groups is 1. The van der Waals surface area contributed by atoms with Crippen LogP contribution in [0.1, 0.15) is 18.2 Å². The van der Waals surface area contributed by atoms with Crippen molar-refractivity contribution in [3.8, 4) is 0 Å². The van der Waals surface area contributed by atoms with Crippen LogP contribution in [-0.4, -0.2) is 26.9 Å². The van der Waals surface area contributed by atoms with Gasteiger partial charge in [0.05, 0.1) is 23.1 Å². The lowest BCUT2D eigenvalue weighted by Crippen LogP contribution is -2.20. The molecule has 4 N–H and O–H groups in total. The summed E-state index contributed by atoms with van der Waals surface area (Å²) in [7, 11) is 0. The monoisotopic (exact) mass is 495 g/mol. The van der Waals surface area contributed by atoms with E-state index in [-0.39, 0.29) is 11.6 Å².